The van der Waals surface area contributed by atoms with Gasteiger partial charge in [-0.1, -0.05) is 15.9 Å². The van der Waals surface area contributed by atoms with Crippen molar-refractivity contribution in [3.05, 3.63) is 16.4 Å². The number of ketones is 1. The van der Waals surface area contributed by atoms with Gasteiger partial charge >= 0.3 is 0 Å². The maximum Gasteiger partial charge on any atom is 0.193 e. The van der Waals surface area contributed by atoms with Crippen LogP contribution >= 0.6 is 31.9 Å². The molecule has 0 aliphatic rings. The van der Waals surface area contributed by atoms with Gasteiger partial charge in [-0.25, -0.2) is 0 Å². The number of rotatable bonds is 2. The third-order valence-electron chi connectivity index (χ3n) is 1.23. The molecule has 1 aromatic rings. The number of carbonyl (C=O) groups excluding carboxylic acids is 1. The molecule has 0 unspecified atom stereocenters. The number of carbonyl (C=O) groups is 1. The van der Waals surface area contributed by atoms with E-state index in [1.165, 1.54) is 0 Å². The van der Waals surface area contributed by atoms with E-state index in [1.807, 2.05) is 0 Å². The predicted octanol–water partition coefficient (Wildman–Crippen LogP) is 1.76. The molecule has 1 heterocycles. The second-order valence-corrected chi connectivity index (χ2v) is 3.41. The molecule has 0 saturated heterocycles. The van der Waals surface area contributed by atoms with Crippen LogP contribution in [0.1, 0.15) is 10.5 Å². The zero-order valence-corrected chi connectivity index (χ0v) is 9.02. The summed E-state index contributed by atoms with van der Waals surface area (Å²) in [7, 11) is 1.77. The Bertz CT molecular complexity index is 263. The fourth-order valence-corrected chi connectivity index (χ4v) is 1.23. The standard InChI is InChI=1S/C6H6Br2N2O/c1-10-6(8)2-4(9-10)5(11)3-7/h2H,3H2,1H3. The lowest BCUT2D eigenvalue weighted by Gasteiger charge is -1.88. The summed E-state index contributed by atoms with van der Waals surface area (Å²) in [5.74, 6) is -0.00806. The second kappa shape index (κ2) is 3.49. The third kappa shape index (κ3) is 1.90. The van der Waals surface area contributed by atoms with Gasteiger partial charge in [0.25, 0.3) is 0 Å². The Balaban J connectivity index is 2.97. The predicted molar refractivity (Wildman–Crippen MR) is 49.0 cm³/mol. The van der Waals surface area contributed by atoms with Gasteiger partial charge in [0.15, 0.2) is 5.78 Å². The quantitative estimate of drug-likeness (QED) is 0.612. The topological polar surface area (TPSA) is 34.9 Å². The molecule has 0 aliphatic carbocycles. The van der Waals surface area contributed by atoms with E-state index in [0.29, 0.717) is 11.0 Å². The molecule has 5 heteroatoms. The van der Waals surface area contributed by atoms with Gasteiger partial charge in [0.05, 0.1) is 5.33 Å². The molecule has 11 heavy (non-hydrogen) atoms. The van der Waals surface area contributed by atoms with E-state index in [9.17, 15) is 4.79 Å². The Hall–Kier alpha value is -0.160. The number of halogens is 2. The summed E-state index contributed by atoms with van der Waals surface area (Å²) in [4.78, 5) is 11.0. The van der Waals surface area contributed by atoms with Crippen molar-refractivity contribution in [2.24, 2.45) is 7.05 Å². The summed E-state index contributed by atoms with van der Waals surface area (Å²) in [6, 6.07) is 1.70. The van der Waals surface area contributed by atoms with Crippen molar-refractivity contribution in [3.63, 3.8) is 0 Å². The van der Waals surface area contributed by atoms with Gasteiger partial charge in [-0.2, -0.15) is 5.10 Å². The summed E-state index contributed by atoms with van der Waals surface area (Å²) in [5, 5.41) is 4.29. The van der Waals surface area contributed by atoms with E-state index in [-0.39, 0.29) is 5.78 Å². The van der Waals surface area contributed by atoms with Crippen molar-refractivity contribution >= 4 is 37.6 Å². The van der Waals surface area contributed by atoms with Crippen LogP contribution in [0.25, 0.3) is 0 Å². The maximum atomic E-state index is 11.0. The van der Waals surface area contributed by atoms with Crippen LogP contribution in [-0.2, 0) is 7.05 Å². The average molecular weight is 282 g/mol. The first-order valence-electron chi connectivity index (χ1n) is 2.94. The van der Waals surface area contributed by atoms with Crippen LogP contribution in [-0.4, -0.2) is 20.9 Å². The SMILES string of the molecule is Cn1nc(C(=O)CBr)cc1Br. The largest absolute Gasteiger partial charge is 0.291 e. The molecule has 0 aromatic carbocycles. The molecule has 1 aromatic heterocycles. The highest BCUT2D eigenvalue weighted by atomic mass is 79.9. The molecule has 0 atom stereocenters. The highest BCUT2D eigenvalue weighted by Gasteiger charge is 2.08. The average Bonchev–Trinajstić information content (AvgIpc) is 2.31. The zero-order chi connectivity index (χ0) is 8.43. The van der Waals surface area contributed by atoms with E-state index >= 15 is 0 Å². The lowest BCUT2D eigenvalue weighted by atomic mass is 10.3. The van der Waals surface area contributed by atoms with Gasteiger partial charge in [-0.05, 0) is 15.9 Å². The lowest BCUT2D eigenvalue weighted by molar-refractivity contribution is 0.101. The summed E-state index contributed by atoms with van der Waals surface area (Å²) >= 11 is 6.32. The first-order chi connectivity index (χ1) is 5.15. The van der Waals surface area contributed by atoms with Crippen LogP contribution in [0.4, 0.5) is 0 Å². The van der Waals surface area contributed by atoms with E-state index in [4.69, 9.17) is 0 Å². The minimum atomic E-state index is -0.00806. The second-order valence-electron chi connectivity index (χ2n) is 2.03. The Morgan fingerprint density at radius 3 is 2.82 bits per heavy atom. The summed E-state index contributed by atoms with van der Waals surface area (Å²) in [5.41, 5.74) is 0.483. The fraction of sp³-hybridized carbons (Fsp3) is 0.333. The van der Waals surface area contributed by atoms with Crippen molar-refractivity contribution in [3.8, 4) is 0 Å². The highest BCUT2D eigenvalue weighted by molar-refractivity contribution is 9.10. The third-order valence-corrected chi connectivity index (χ3v) is 2.48. The number of hydrogen-bond donors (Lipinski definition) is 0. The molecule has 3 nitrogen and oxygen atoms in total. The molecule has 0 fully saturated rings. The first kappa shape index (κ1) is 8.93. The van der Waals surface area contributed by atoms with Gasteiger partial charge < -0.3 is 0 Å². The molecule has 0 N–H and O–H groups in total. The molecule has 60 valence electrons. The molecule has 0 spiro atoms. The van der Waals surface area contributed by atoms with E-state index in [1.54, 1.807) is 17.8 Å². The first-order valence-corrected chi connectivity index (χ1v) is 4.85. The number of Topliss-reactive ketones (excluding diaryl/α,β-unsaturated/α-hetero) is 1. The summed E-state index contributed by atoms with van der Waals surface area (Å²) < 4.78 is 2.41. The van der Waals surface area contributed by atoms with Crippen LogP contribution in [0.2, 0.25) is 0 Å². The molecule has 0 bridgehead atoms. The van der Waals surface area contributed by atoms with Crippen LogP contribution in [0, 0.1) is 0 Å². The smallest absolute Gasteiger partial charge is 0.193 e. The van der Waals surface area contributed by atoms with E-state index in [0.717, 1.165) is 4.60 Å². The number of aromatic nitrogens is 2. The van der Waals surface area contributed by atoms with Gasteiger partial charge in [-0.15, -0.1) is 0 Å². The molecule has 0 aliphatic heterocycles. The minimum absolute atomic E-state index is 0.00806. The normalized spacial score (nSPS) is 10.1. The summed E-state index contributed by atoms with van der Waals surface area (Å²) in [6.07, 6.45) is 0. The van der Waals surface area contributed by atoms with E-state index < -0.39 is 0 Å². The van der Waals surface area contributed by atoms with Gasteiger partial charge in [-0.3, -0.25) is 9.48 Å². The molecular weight excluding hydrogens is 276 g/mol. The van der Waals surface area contributed by atoms with Crippen LogP contribution in [0.15, 0.2) is 10.7 Å². The lowest BCUT2D eigenvalue weighted by Crippen LogP contribution is -2.01. The zero-order valence-electron chi connectivity index (χ0n) is 5.84. The van der Waals surface area contributed by atoms with Gasteiger partial charge in [0, 0.05) is 13.1 Å². The highest BCUT2D eigenvalue weighted by Crippen LogP contribution is 2.10. The fourth-order valence-electron chi connectivity index (χ4n) is 0.649. The minimum Gasteiger partial charge on any atom is -0.291 e. The number of hydrogen-bond acceptors (Lipinski definition) is 2. The van der Waals surface area contributed by atoms with Crippen molar-refractivity contribution in [1.29, 1.82) is 0 Å². The van der Waals surface area contributed by atoms with Crippen LogP contribution < -0.4 is 0 Å². The monoisotopic (exact) mass is 280 g/mol. The summed E-state index contributed by atoms with van der Waals surface area (Å²) in [6.45, 7) is 0. The van der Waals surface area contributed by atoms with Crippen molar-refractivity contribution in [2.75, 3.05) is 5.33 Å². The molecule has 0 radical (unpaired) electrons. The van der Waals surface area contributed by atoms with Gasteiger partial charge in [0.1, 0.15) is 10.3 Å². The Morgan fingerprint density at radius 1 is 1.82 bits per heavy atom. The van der Waals surface area contributed by atoms with Crippen molar-refractivity contribution < 1.29 is 4.79 Å². The van der Waals surface area contributed by atoms with Crippen LogP contribution in [0.5, 0.6) is 0 Å². The van der Waals surface area contributed by atoms with E-state index in [2.05, 4.69) is 37.0 Å². The van der Waals surface area contributed by atoms with Gasteiger partial charge in [0.2, 0.25) is 0 Å². The Morgan fingerprint density at radius 2 is 2.45 bits per heavy atom. The number of aryl methyl sites for hydroxylation is 1. The Labute approximate surface area is 81.0 Å². The number of nitrogens with zero attached hydrogens (tertiary/aromatic N) is 2. The maximum absolute atomic E-state index is 11.0. The molecule has 0 amide bonds. The molecule has 1 rings (SSSR count). The molecular formula is C6H6Br2N2O. The van der Waals surface area contributed by atoms with Crippen molar-refractivity contribution in [2.45, 2.75) is 0 Å². The molecule has 0 saturated carbocycles. The van der Waals surface area contributed by atoms with Crippen LogP contribution in [0.3, 0.4) is 0 Å². The number of alkyl halides is 1. The Kier molecular flexibility index (Phi) is 2.84. The van der Waals surface area contributed by atoms with Crippen molar-refractivity contribution in [1.82, 2.24) is 9.78 Å².